The highest BCUT2D eigenvalue weighted by atomic mass is 32.2. The van der Waals surface area contributed by atoms with Crippen molar-refractivity contribution in [1.29, 1.82) is 0 Å². The molecule has 116 valence electrons. The second-order valence-corrected chi connectivity index (χ2v) is 6.91. The smallest absolute Gasteiger partial charge is 0.279 e. The molecule has 7 nitrogen and oxygen atoms in total. The molecular formula is C12H25N5O2S. The molecule has 1 atom stereocenters. The first-order valence-corrected chi connectivity index (χ1v) is 8.23. The zero-order chi connectivity index (χ0) is 15.2. The predicted molar refractivity (Wildman–Crippen MR) is 79.4 cm³/mol. The van der Waals surface area contributed by atoms with Gasteiger partial charge in [-0.05, 0) is 19.9 Å². The van der Waals surface area contributed by atoms with E-state index < -0.39 is 10.2 Å². The normalized spacial score (nSPS) is 14.1. The maximum atomic E-state index is 12.1. The van der Waals surface area contributed by atoms with Crippen molar-refractivity contribution >= 4 is 10.2 Å². The van der Waals surface area contributed by atoms with Gasteiger partial charge in [0.05, 0.1) is 6.04 Å². The van der Waals surface area contributed by atoms with Gasteiger partial charge in [-0.25, -0.2) is 4.98 Å². The van der Waals surface area contributed by atoms with Gasteiger partial charge in [-0.1, -0.05) is 13.8 Å². The molecule has 0 spiro atoms. The van der Waals surface area contributed by atoms with Crippen LogP contribution >= 0.6 is 0 Å². The van der Waals surface area contributed by atoms with Crippen LogP contribution in [0.4, 0.5) is 0 Å². The molecule has 1 unspecified atom stereocenters. The second kappa shape index (κ2) is 7.72. The highest BCUT2D eigenvalue weighted by Gasteiger charge is 2.21. The van der Waals surface area contributed by atoms with Gasteiger partial charge in [0.1, 0.15) is 5.82 Å². The van der Waals surface area contributed by atoms with Crippen molar-refractivity contribution in [3.05, 3.63) is 18.2 Å². The van der Waals surface area contributed by atoms with Gasteiger partial charge >= 0.3 is 0 Å². The van der Waals surface area contributed by atoms with Crippen molar-refractivity contribution in [3.8, 4) is 0 Å². The summed E-state index contributed by atoms with van der Waals surface area (Å²) in [6, 6.07) is 0.0280. The van der Waals surface area contributed by atoms with E-state index in [-0.39, 0.29) is 6.04 Å². The Bertz CT molecular complexity index is 472. The van der Waals surface area contributed by atoms with Crippen molar-refractivity contribution in [2.75, 3.05) is 20.1 Å². The number of hydrogen-bond acceptors (Lipinski definition) is 4. The summed E-state index contributed by atoms with van der Waals surface area (Å²) < 4.78 is 28.2. The van der Waals surface area contributed by atoms with E-state index in [0.717, 1.165) is 13.0 Å². The predicted octanol–water partition coefficient (Wildman–Crippen LogP) is 0.625. The molecule has 0 aliphatic rings. The van der Waals surface area contributed by atoms with E-state index >= 15 is 0 Å². The minimum atomic E-state index is -3.49. The van der Waals surface area contributed by atoms with Crippen LogP contribution in [0.3, 0.4) is 0 Å². The number of imidazole rings is 1. The number of aromatic amines is 1. The molecule has 1 aromatic rings. The van der Waals surface area contributed by atoms with Crippen molar-refractivity contribution < 1.29 is 8.42 Å². The third kappa shape index (κ3) is 5.58. The Kier molecular flexibility index (Phi) is 6.60. The van der Waals surface area contributed by atoms with E-state index in [4.69, 9.17) is 0 Å². The molecule has 0 saturated heterocycles. The first-order valence-electron chi connectivity index (χ1n) is 6.79. The molecular weight excluding hydrogens is 278 g/mol. The van der Waals surface area contributed by atoms with E-state index in [1.165, 1.54) is 4.31 Å². The minimum Gasteiger partial charge on any atom is -0.347 e. The maximum Gasteiger partial charge on any atom is 0.279 e. The zero-order valence-corrected chi connectivity index (χ0v) is 13.4. The summed E-state index contributed by atoms with van der Waals surface area (Å²) in [6.45, 7) is 7.15. The fraction of sp³-hybridized carbons (Fsp3) is 0.750. The highest BCUT2D eigenvalue weighted by Crippen LogP contribution is 2.08. The SMILES string of the molecule is CC(C)NCCCN(C)S(=O)(=O)NC(C)c1ncc[nH]1. The monoisotopic (exact) mass is 303 g/mol. The summed E-state index contributed by atoms with van der Waals surface area (Å²) in [5.41, 5.74) is 0. The lowest BCUT2D eigenvalue weighted by molar-refractivity contribution is 0.432. The van der Waals surface area contributed by atoms with E-state index in [0.29, 0.717) is 18.4 Å². The minimum absolute atomic E-state index is 0.383. The molecule has 0 saturated carbocycles. The molecule has 0 amide bonds. The van der Waals surface area contributed by atoms with E-state index in [2.05, 4.69) is 33.9 Å². The number of hydrogen-bond donors (Lipinski definition) is 3. The average Bonchev–Trinajstić information content (AvgIpc) is 2.87. The summed E-state index contributed by atoms with van der Waals surface area (Å²) in [7, 11) is -1.91. The fourth-order valence-corrected chi connectivity index (χ4v) is 2.80. The third-order valence-electron chi connectivity index (χ3n) is 2.87. The summed E-state index contributed by atoms with van der Waals surface area (Å²) in [4.78, 5) is 6.94. The summed E-state index contributed by atoms with van der Waals surface area (Å²) in [5.74, 6) is 0.600. The quantitative estimate of drug-likeness (QED) is 0.584. The first-order chi connectivity index (χ1) is 9.33. The Labute approximate surface area is 121 Å². The van der Waals surface area contributed by atoms with Crippen molar-refractivity contribution in [3.63, 3.8) is 0 Å². The number of nitrogens with one attached hydrogen (secondary N) is 3. The van der Waals surface area contributed by atoms with Gasteiger partial charge in [-0.2, -0.15) is 17.4 Å². The van der Waals surface area contributed by atoms with Crippen molar-refractivity contribution in [2.24, 2.45) is 0 Å². The molecule has 0 aliphatic heterocycles. The Morgan fingerprint density at radius 1 is 1.40 bits per heavy atom. The number of nitrogens with zero attached hydrogens (tertiary/aromatic N) is 2. The Morgan fingerprint density at radius 3 is 2.65 bits per heavy atom. The maximum absolute atomic E-state index is 12.1. The zero-order valence-electron chi connectivity index (χ0n) is 12.5. The molecule has 3 N–H and O–H groups in total. The Hall–Kier alpha value is -0.960. The standard InChI is InChI=1S/C12H25N5O2S/c1-10(2)13-6-5-9-17(4)20(18,19)16-11(3)12-14-7-8-15-12/h7-8,10-11,13,16H,5-6,9H2,1-4H3,(H,14,15). The Balaban J connectivity index is 2.43. The summed E-state index contributed by atoms with van der Waals surface area (Å²) in [5, 5.41) is 3.26. The van der Waals surface area contributed by atoms with Gasteiger partial charge in [0.15, 0.2) is 0 Å². The van der Waals surface area contributed by atoms with Crippen LogP contribution in [0.15, 0.2) is 12.4 Å². The topological polar surface area (TPSA) is 90.1 Å². The van der Waals surface area contributed by atoms with Gasteiger partial charge in [0.2, 0.25) is 0 Å². The van der Waals surface area contributed by atoms with Crippen LogP contribution in [0.2, 0.25) is 0 Å². The largest absolute Gasteiger partial charge is 0.347 e. The molecule has 0 aromatic carbocycles. The fourth-order valence-electron chi connectivity index (χ4n) is 1.70. The van der Waals surface area contributed by atoms with Crippen LogP contribution in [0.25, 0.3) is 0 Å². The molecule has 0 bridgehead atoms. The van der Waals surface area contributed by atoms with Crippen LogP contribution in [0, 0.1) is 0 Å². The number of rotatable bonds is 9. The van der Waals surface area contributed by atoms with Gasteiger partial charge in [0, 0.05) is 32.0 Å². The molecule has 1 aromatic heterocycles. The lowest BCUT2D eigenvalue weighted by Crippen LogP contribution is -2.40. The van der Waals surface area contributed by atoms with Gasteiger partial charge in [0.25, 0.3) is 10.2 Å². The molecule has 1 rings (SSSR count). The average molecular weight is 303 g/mol. The van der Waals surface area contributed by atoms with Crippen LogP contribution in [-0.4, -0.2) is 48.9 Å². The van der Waals surface area contributed by atoms with Crippen LogP contribution in [-0.2, 0) is 10.2 Å². The van der Waals surface area contributed by atoms with E-state index in [1.54, 1.807) is 26.4 Å². The number of H-pyrrole nitrogens is 1. The van der Waals surface area contributed by atoms with Gasteiger partial charge < -0.3 is 10.3 Å². The van der Waals surface area contributed by atoms with Crippen LogP contribution < -0.4 is 10.0 Å². The van der Waals surface area contributed by atoms with Crippen molar-refractivity contribution in [2.45, 2.75) is 39.3 Å². The lowest BCUT2D eigenvalue weighted by atomic mass is 10.3. The van der Waals surface area contributed by atoms with Crippen LogP contribution in [0.1, 0.15) is 39.1 Å². The summed E-state index contributed by atoms with van der Waals surface area (Å²) in [6.07, 6.45) is 4.04. The molecule has 1 heterocycles. The van der Waals surface area contributed by atoms with Crippen LogP contribution in [0.5, 0.6) is 0 Å². The van der Waals surface area contributed by atoms with Gasteiger partial charge in [-0.15, -0.1) is 0 Å². The Morgan fingerprint density at radius 2 is 2.10 bits per heavy atom. The molecule has 20 heavy (non-hydrogen) atoms. The van der Waals surface area contributed by atoms with Gasteiger partial charge in [-0.3, -0.25) is 0 Å². The molecule has 0 fully saturated rings. The molecule has 0 aliphatic carbocycles. The molecule has 8 heteroatoms. The highest BCUT2D eigenvalue weighted by molar-refractivity contribution is 7.87. The van der Waals surface area contributed by atoms with E-state index in [9.17, 15) is 8.42 Å². The van der Waals surface area contributed by atoms with Crippen molar-refractivity contribution in [1.82, 2.24) is 24.3 Å². The van der Waals surface area contributed by atoms with E-state index in [1.807, 2.05) is 0 Å². The second-order valence-electron chi connectivity index (χ2n) is 5.10. The third-order valence-corrected chi connectivity index (χ3v) is 4.52. The first kappa shape index (κ1) is 17.1. The molecule has 0 radical (unpaired) electrons. The lowest BCUT2D eigenvalue weighted by Gasteiger charge is -2.20. The summed E-state index contributed by atoms with van der Waals surface area (Å²) >= 11 is 0. The number of aromatic nitrogens is 2.